The van der Waals surface area contributed by atoms with E-state index in [9.17, 15) is 0 Å². The van der Waals surface area contributed by atoms with E-state index in [1.807, 2.05) is 6.92 Å². The Bertz CT molecular complexity index is 527. The first-order valence-corrected chi connectivity index (χ1v) is 6.95. The third-order valence-corrected chi connectivity index (χ3v) is 3.52. The van der Waals surface area contributed by atoms with Crippen LogP contribution < -0.4 is 11.1 Å². The Balaban J connectivity index is 2.09. The summed E-state index contributed by atoms with van der Waals surface area (Å²) in [7, 11) is 0. The van der Waals surface area contributed by atoms with E-state index in [2.05, 4.69) is 39.0 Å². The molecule has 2 aromatic rings. The van der Waals surface area contributed by atoms with Gasteiger partial charge in [0.15, 0.2) is 5.82 Å². The van der Waals surface area contributed by atoms with E-state index in [1.165, 1.54) is 5.56 Å². The monoisotopic (exact) mass is 282 g/mol. The Morgan fingerprint density at radius 2 is 2.28 bits per heavy atom. The molecule has 0 fully saturated rings. The lowest BCUT2D eigenvalue weighted by molar-refractivity contribution is 0.786. The molecule has 6 heteroatoms. The Hall–Kier alpha value is -1.33. The fourth-order valence-corrected chi connectivity index (χ4v) is 2.60. The summed E-state index contributed by atoms with van der Waals surface area (Å²) < 4.78 is 0. The van der Waals surface area contributed by atoms with Crippen molar-refractivity contribution >= 4 is 34.4 Å². The van der Waals surface area contributed by atoms with Crippen LogP contribution in [-0.2, 0) is 6.42 Å². The first-order chi connectivity index (χ1) is 8.56. The topological polar surface area (TPSA) is 63.8 Å². The van der Waals surface area contributed by atoms with Gasteiger partial charge in [-0.1, -0.05) is 0 Å². The van der Waals surface area contributed by atoms with Crippen LogP contribution in [0, 0.1) is 6.92 Å². The van der Waals surface area contributed by atoms with E-state index in [-0.39, 0.29) is 11.3 Å². The molecular formula is C12H15ClN4S. The summed E-state index contributed by atoms with van der Waals surface area (Å²) in [5.74, 6) is 0.607. The van der Waals surface area contributed by atoms with Gasteiger partial charge >= 0.3 is 0 Å². The lowest BCUT2D eigenvalue weighted by Gasteiger charge is -2.16. The maximum Gasteiger partial charge on any atom is 0.224 e. The predicted octanol–water partition coefficient (Wildman–Crippen LogP) is 3.13. The average molecular weight is 283 g/mol. The molecule has 2 aromatic heterocycles. The van der Waals surface area contributed by atoms with E-state index in [1.54, 1.807) is 11.3 Å². The SMILES string of the molecule is Cc1nc(Cl)nc(NC(C)Cc2ccsc2)c1N. The van der Waals surface area contributed by atoms with E-state index >= 15 is 0 Å². The molecule has 0 aromatic carbocycles. The van der Waals surface area contributed by atoms with Gasteiger partial charge in [0.2, 0.25) is 5.28 Å². The second-order valence-corrected chi connectivity index (χ2v) is 5.34. The highest BCUT2D eigenvalue weighted by atomic mass is 35.5. The van der Waals surface area contributed by atoms with E-state index in [0.29, 0.717) is 17.2 Å². The molecular weight excluding hydrogens is 268 g/mol. The van der Waals surface area contributed by atoms with Gasteiger partial charge in [0.05, 0.1) is 11.4 Å². The zero-order valence-electron chi connectivity index (χ0n) is 10.3. The van der Waals surface area contributed by atoms with E-state index < -0.39 is 0 Å². The molecule has 3 N–H and O–H groups in total. The number of hydrogen-bond acceptors (Lipinski definition) is 5. The summed E-state index contributed by atoms with van der Waals surface area (Å²) in [6.45, 7) is 3.90. The first kappa shape index (κ1) is 13.1. The van der Waals surface area contributed by atoms with Crippen LogP contribution in [0.3, 0.4) is 0 Å². The van der Waals surface area contributed by atoms with Crippen molar-refractivity contribution in [2.75, 3.05) is 11.1 Å². The normalized spacial score (nSPS) is 12.4. The van der Waals surface area contributed by atoms with Crippen LogP contribution in [0.25, 0.3) is 0 Å². The number of nitrogens with zero attached hydrogens (tertiary/aromatic N) is 2. The van der Waals surface area contributed by atoms with Crippen LogP contribution in [0.15, 0.2) is 16.8 Å². The molecule has 0 aliphatic heterocycles. The number of thiophene rings is 1. The van der Waals surface area contributed by atoms with Crippen LogP contribution in [0.4, 0.5) is 11.5 Å². The highest BCUT2D eigenvalue weighted by Gasteiger charge is 2.11. The van der Waals surface area contributed by atoms with Gasteiger partial charge in [0.1, 0.15) is 0 Å². The minimum absolute atomic E-state index is 0.215. The van der Waals surface area contributed by atoms with Gasteiger partial charge in [-0.3, -0.25) is 0 Å². The molecule has 0 aliphatic rings. The van der Waals surface area contributed by atoms with Crippen molar-refractivity contribution in [3.63, 3.8) is 0 Å². The maximum absolute atomic E-state index is 5.93. The number of hydrogen-bond donors (Lipinski definition) is 2. The van der Waals surface area contributed by atoms with Crippen molar-refractivity contribution in [2.45, 2.75) is 26.3 Å². The summed E-state index contributed by atoms with van der Waals surface area (Å²) in [5.41, 5.74) is 8.48. The lowest BCUT2D eigenvalue weighted by atomic mass is 10.1. The number of nitrogens with two attached hydrogens (primary N) is 1. The van der Waals surface area contributed by atoms with Gasteiger partial charge < -0.3 is 11.1 Å². The highest BCUT2D eigenvalue weighted by Crippen LogP contribution is 2.22. The van der Waals surface area contributed by atoms with E-state index in [4.69, 9.17) is 17.3 Å². The first-order valence-electron chi connectivity index (χ1n) is 5.63. The zero-order valence-corrected chi connectivity index (χ0v) is 11.8. The third-order valence-electron chi connectivity index (χ3n) is 2.61. The third kappa shape index (κ3) is 3.11. The lowest BCUT2D eigenvalue weighted by Crippen LogP contribution is -2.20. The van der Waals surface area contributed by atoms with Crippen LogP contribution in [0.5, 0.6) is 0 Å². The average Bonchev–Trinajstić information content (AvgIpc) is 2.77. The van der Waals surface area contributed by atoms with Crippen LogP contribution in [-0.4, -0.2) is 16.0 Å². The van der Waals surface area contributed by atoms with E-state index in [0.717, 1.165) is 6.42 Å². The number of rotatable bonds is 4. The van der Waals surface area contributed by atoms with Gasteiger partial charge in [-0.15, -0.1) is 0 Å². The second kappa shape index (κ2) is 5.54. The Kier molecular flexibility index (Phi) is 4.04. The molecule has 1 unspecified atom stereocenters. The number of aromatic nitrogens is 2. The maximum atomic E-state index is 5.93. The van der Waals surface area contributed by atoms with Crippen LogP contribution >= 0.6 is 22.9 Å². The number of aryl methyl sites for hydroxylation is 1. The molecule has 1 atom stereocenters. The number of nitrogens with one attached hydrogen (secondary N) is 1. The quantitative estimate of drug-likeness (QED) is 0.846. The molecule has 0 aliphatic carbocycles. The van der Waals surface area contributed by atoms with Crippen molar-refractivity contribution in [1.82, 2.24) is 9.97 Å². The van der Waals surface area contributed by atoms with Crippen molar-refractivity contribution in [1.29, 1.82) is 0 Å². The number of halogens is 1. The standard InChI is InChI=1S/C12H15ClN4S/c1-7(5-9-3-4-18-6-9)15-11-10(14)8(2)16-12(13)17-11/h3-4,6-7H,5,14H2,1-2H3,(H,15,16,17). The number of anilines is 2. The summed E-state index contributed by atoms with van der Waals surface area (Å²) in [6, 6.07) is 2.34. The fourth-order valence-electron chi connectivity index (χ4n) is 1.70. The minimum atomic E-state index is 0.215. The molecule has 0 saturated carbocycles. The van der Waals surface area contributed by atoms with Crippen molar-refractivity contribution in [3.05, 3.63) is 33.4 Å². The molecule has 96 valence electrons. The predicted molar refractivity (Wildman–Crippen MR) is 77.3 cm³/mol. The molecule has 2 rings (SSSR count). The highest BCUT2D eigenvalue weighted by molar-refractivity contribution is 7.07. The number of nitrogen functional groups attached to an aromatic ring is 1. The summed E-state index contributed by atoms with van der Waals surface area (Å²) >= 11 is 7.53. The second-order valence-electron chi connectivity index (χ2n) is 4.22. The molecule has 4 nitrogen and oxygen atoms in total. The Morgan fingerprint density at radius 3 is 2.94 bits per heavy atom. The molecule has 0 saturated heterocycles. The molecule has 0 amide bonds. The smallest absolute Gasteiger partial charge is 0.224 e. The Labute approximate surface area is 115 Å². The van der Waals surface area contributed by atoms with Gasteiger partial charge in [-0.05, 0) is 54.3 Å². The van der Waals surface area contributed by atoms with Crippen LogP contribution in [0.2, 0.25) is 5.28 Å². The van der Waals surface area contributed by atoms with Crippen molar-refractivity contribution < 1.29 is 0 Å². The largest absolute Gasteiger partial charge is 0.394 e. The summed E-state index contributed by atoms with van der Waals surface area (Å²) in [4.78, 5) is 8.13. The summed E-state index contributed by atoms with van der Waals surface area (Å²) in [6.07, 6.45) is 0.920. The zero-order chi connectivity index (χ0) is 13.1. The fraction of sp³-hybridized carbons (Fsp3) is 0.333. The van der Waals surface area contributed by atoms with Gasteiger partial charge in [0, 0.05) is 6.04 Å². The summed E-state index contributed by atoms with van der Waals surface area (Å²) in [5, 5.41) is 7.70. The van der Waals surface area contributed by atoms with Gasteiger partial charge in [-0.25, -0.2) is 4.98 Å². The molecule has 18 heavy (non-hydrogen) atoms. The van der Waals surface area contributed by atoms with Crippen molar-refractivity contribution in [3.8, 4) is 0 Å². The Morgan fingerprint density at radius 1 is 1.50 bits per heavy atom. The van der Waals surface area contributed by atoms with Gasteiger partial charge in [-0.2, -0.15) is 16.3 Å². The molecule has 0 spiro atoms. The van der Waals surface area contributed by atoms with Gasteiger partial charge in [0.25, 0.3) is 0 Å². The van der Waals surface area contributed by atoms with Crippen molar-refractivity contribution in [2.24, 2.45) is 0 Å². The molecule has 0 bridgehead atoms. The van der Waals surface area contributed by atoms with Crippen LogP contribution in [0.1, 0.15) is 18.2 Å². The molecule has 2 heterocycles. The molecule has 0 radical (unpaired) electrons. The minimum Gasteiger partial charge on any atom is -0.394 e.